The molecule has 2 rings (SSSR count). The van der Waals surface area contributed by atoms with E-state index in [1.54, 1.807) is 11.3 Å². The average molecular weight is 311 g/mol. The molecule has 0 saturated heterocycles. The smallest absolute Gasteiger partial charge is 0.123 e. The second kappa shape index (κ2) is 5.29. The molecular formula is C13H15BrN2S. The van der Waals surface area contributed by atoms with Gasteiger partial charge in [0.15, 0.2) is 0 Å². The fourth-order valence-corrected chi connectivity index (χ4v) is 3.09. The van der Waals surface area contributed by atoms with Crippen molar-refractivity contribution in [2.45, 2.75) is 20.3 Å². The molecule has 2 N–H and O–H groups in total. The van der Waals surface area contributed by atoms with Crippen molar-refractivity contribution in [3.63, 3.8) is 0 Å². The van der Waals surface area contributed by atoms with Crippen LogP contribution in [0.15, 0.2) is 22.7 Å². The maximum Gasteiger partial charge on any atom is 0.123 e. The van der Waals surface area contributed by atoms with Gasteiger partial charge >= 0.3 is 0 Å². The third-order valence-corrected chi connectivity index (χ3v) is 4.80. The van der Waals surface area contributed by atoms with E-state index in [1.807, 2.05) is 6.92 Å². The van der Waals surface area contributed by atoms with Gasteiger partial charge < -0.3 is 5.73 Å². The predicted octanol–water partition coefficient (Wildman–Crippen LogP) is 3.69. The van der Waals surface area contributed by atoms with Crippen molar-refractivity contribution in [2.24, 2.45) is 5.73 Å². The number of hydrogen-bond acceptors (Lipinski definition) is 3. The van der Waals surface area contributed by atoms with Crippen LogP contribution in [0.25, 0.3) is 10.6 Å². The summed E-state index contributed by atoms with van der Waals surface area (Å²) in [4.78, 5) is 5.90. The second-order valence-corrected chi connectivity index (χ2v) is 5.97. The lowest BCUT2D eigenvalue weighted by atomic mass is 10.2. The van der Waals surface area contributed by atoms with E-state index in [0.717, 1.165) is 21.6 Å². The van der Waals surface area contributed by atoms with Crippen LogP contribution >= 0.6 is 27.3 Å². The number of thiazole rings is 1. The van der Waals surface area contributed by atoms with Crippen molar-refractivity contribution in [3.8, 4) is 10.6 Å². The van der Waals surface area contributed by atoms with Gasteiger partial charge in [-0.3, -0.25) is 0 Å². The summed E-state index contributed by atoms with van der Waals surface area (Å²) in [6.07, 6.45) is 0.913. The number of aryl methyl sites for hydroxylation is 2. The van der Waals surface area contributed by atoms with E-state index < -0.39 is 0 Å². The van der Waals surface area contributed by atoms with E-state index in [0.29, 0.717) is 6.54 Å². The first-order chi connectivity index (χ1) is 8.11. The van der Waals surface area contributed by atoms with Gasteiger partial charge in [-0.1, -0.05) is 28.1 Å². The molecule has 0 saturated carbocycles. The monoisotopic (exact) mass is 310 g/mol. The lowest BCUT2D eigenvalue weighted by Gasteiger charge is -2.00. The zero-order valence-electron chi connectivity index (χ0n) is 9.96. The first-order valence-corrected chi connectivity index (χ1v) is 7.15. The molecule has 0 spiro atoms. The molecule has 2 nitrogen and oxygen atoms in total. The van der Waals surface area contributed by atoms with E-state index in [-0.39, 0.29) is 0 Å². The van der Waals surface area contributed by atoms with Gasteiger partial charge in [-0.25, -0.2) is 4.98 Å². The highest BCUT2D eigenvalue weighted by Crippen LogP contribution is 2.30. The minimum Gasteiger partial charge on any atom is -0.330 e. The molecule has 1 aromatic carbocycles. The molecule has 0 radical (unpaired) electrons. The summed E-state index contributed by atoms with van der Waals surface area (Å²) < 4.78 is 1.13. The molecule has 0 aliphatic heterocycles. The predicted molar refractivity (Wildman–Crippen MR) is 77.5 cm³/mol. The summed E-state index contributed by atoms with van der Waals surface area (Å²) in [6, 6.07) is 6.35. The Hall–Kier alpha value is -0.710. The number of aromatic nitrogens is 1. The van der Waals surface area contributed by atoms with Crippen molar-refractivity contribution in [1.29, 1.82) is 0 Å². The van der Waals surface area contributed by atoms with Gasteiger partial charge in [-0.05, 0) is 38.4 Å². The topological polar surface area (TPSA) is 38.9 Å². The summed E-state index contributed by atoms with van der Waals surface area (Å²) in [5.41, 5.74) is 9.10. The van der Waals surface area contributed by atoms with Gasteiger partial charge in [0.05, 0.1) is 5.69 Å². The molecule has 0 atom stereocenters. The standard InChI is InChI=1S/C13H15BrN2S/c1-8-3-4-10(7-11(8)14)13-16-9(2)12(17-13)5-6-15/h3-4,7H,5-6,15H2,1-2H3. The first kappa shape index (κ1) is 12.7. The number of nitrogens with zero attached hydrogens (tertiary/aromatic N) is 1. The molecule has 0 aliphatic rings. The number of nitrogens with two attached hydrogens (primary N) is 1. The van der Waals surface area contributed by atoms with Crippen LogP contribution in [0.5, 0.6) is 0 Å². The van der Waals surface area contributed by atoms with Crippen molar-refractivity contribution >= 4 is 27.3 Å². The van der Waals surface area contributed by atoms with Gasteiger partial charge in [0.1, 0.15) is 5.01 Å². The SMILES string of the molecule is Cc1ccc(-c2nc(C)c(CCN)s2)cc1Br. The molecule has 4 heteroatoms. The Morgan fingerprint density at radius 2 is 2.12 bits per heavy atom. The Kier molecular flexibility index (Phi) is 3.97. The minimum absolute atomic E-state index is 0.681. The highest BCUT2D eigenvalue weighted by atomic mass is 79.9. The molecule has 0 bridgehead atoms. The van der Waals surface area contributed by atoms with Gasteiger partial charge in [0.2, 0.25) is 0 Å². The van der Waals surface area contributed by atoms with Gasteiger partial charge in [-0.2, -0.15) is 0 Å². The Balaban J connectivity index is 2.39. The van der Waals surface area contributed by atoms with Gasteiger partial charge in [-0.15, -0.1) is 11.3 Å². The fraction of sp³-hybridized carbons (Fsp3) is 0.308. The molecule has 0 aliphatic carbocycles. The van der Waals surface area contributed by atoms with Crippen LogP contribution in [-0.4, -0.2) is 11.5 Å². The minimum atomic E-state index is 0.681. The molecule has 0 unspecified atom stereocenters. The van der Waals surface area contributed by atoms with Crippen LogP contribution in [0, 0.1) is 13.8 Å². The zero-order valence-corrected chi connectivity index (χ0v) is 12.4. The number of hydrogen-bond donors (Lipinski definition) is 1. The lowest BCUT2D eigenvalue weighted by molar-refractivity contribution is 0.970. The van der Waals surface area contributed by atoms with Crippen LogP contribution < -0.4 is 5.73 Å². The summed E-state index contributed by atoms with van der Waals surface area (Å²) in [7, 11) is 0. The Morgan fingerprint density at radius 1 is 1.35 bits per heavy atom. The van der Waals surface area contributed by atoms with Crippen LogP contribution in [-0.2, 0) is 6.42 Å². The Morgan fingerprint density at radius 3 is 2.76 bits per heavy atom. The maximum absolute atomic E-state index is 5.59. The van der Waals surface area contributed by atoms with Crippen LogP contribution in [0.1, 0.15) is 16.1 Å². The van der Waals surface area contributed by atoms with Crippen LogP contribution in [0.3, 0.4) is 0 Å². The van der Waals surface area contributed by atoms with Crippen LogP contribution in [0.2, 0.25) is 0 Å². The van der Waals surface area contributed by atoms with E-state index >= 15 is 0 Å². The molecule has 2 aromatic rings. The van der Waals surface area contributed by atoms with Crippen molar-refractivity contribution in [2.75, 3.05) is 6.54 Å². The summed E-state index contributed by atoms with van der Waals surface area (Å²) >= 11 is 5.30. The first-order valence-electron chi connectivity index (χ1n) is 5.54. The number of halogens is 1. The van der Waals surface area contributed by atoms with Crippen molar-refractivity contribution in [1.82, 2.24) is 4.98 Å². The molecule has 0 amide bonds. The fourth-order valence-electron chi connectivity index (χ4n) is 1.64. The quantitative estimate of drug-likeness (QED) is 0.939. The van der Waals surface area contributed by atoms with Gasteiger partial charge in [0, 0.05) is 14.9 Å². The van der Waals surface area contributed by atoms with Gasteiger partial charge in [0.25, 0.3) is 0 Å². The maximum atomic E-state index is 5.59. The average Bonchev–Trinajstić information content (AvgIpc) is 2.65. The molecule has 1 heterocycles. The van der Waals surface area contributed by atoms with E-state index in [1.165, 1.54) is 16.0 Å². The molecule has 90 valence electrons. The highest BCUT2D eigenvalue weighted by molar-refractivity contribution is 9.10. The van der Waals surface area contributed by atoms with E-state index in [9.17, 15) is 0 Å². The molecule has 1 aromatic heterocycles. The Labute approximate surface area is 114 Å². The summed E-state index contributed by atoms with van der Waals surface area (Å²) in [5.74, 6) is 0. The molecular weight excluding hydrogens is 296 g/mol. The molecule has 17 heavy (non-hydrogen) atoms. The second-order valence-electron chi connectivity index (χ2n) is 4.03. The number of rotatable bonds is 3. The Bertz CT molecular complexity index is 534. The summed E-state index contributed by atoms with van der Waals surface area (Å²) in [5, 5.41) is 1.08. The highest BCUT2D eigenvalue weighted by Gasteiger charge is 2.09. The summed E-state index contributed by atoms with van der Waals surface area (Å²) in [6.45, 7) is 4.81. The van der Waals surface area contributed by atoms with Crippen molar-refractivity contribution in [3.05, 3.63) is 38.8 Å². The third kappa shape index (κ3) is 2.76. The van der Waals surface area contributed by atoms with E-state index in [4.69, 9.17) is 5.73 Å². The molecule has 0 fully saturated rings. The zero-order chi connectivity index (χ0) is 12.4. The lowest BCUT2D eigenvalue weighted by Crippen LogP contribution is -2.01. The number of benzene rings is 1. The largest absolute Gasteiger partial charge is 0.330 e. The van der Waals surface area contributed by atoms with E-state index in [2.05, 4.69) is 46.0 Å². The third-order valence-electron chi connectivity index (χ3n) is 2.68. The van der Waals surface area contributed by atoms with Crippen LogP contribution in [0.4, 0.5) is 0 Å². The van der Waals surface area contributed by atoms with Crippen molar-refractivity contribution < 1.29 is 0 Å². The normalized spacial score (nSPS) is 10.8.